The lowest BCUT2D eigenvalue weighted by atomic mass is 9.82. The summed E-state index contributed by atoms with van der Waals surface area (Å²) < 4.78 is 0. The molecule has 0 aromatic carbocycles. The Balaban J connectivity index is 2.35. The van der Waals surface area contributed by atoms with E-state index in [4.69, 9.17) is 0 Å². The lowest BCUT2D eigenvalue weighted by Crippen LogP contribution is -2.25. The summed E-state index contributed by atoms with van der Waals surface area (Å²) in [5.74, 6) is 0.505. The zero-order valence-electron chi connectivity index (χ0n) is 10.7. The van der Waals surface area contributed by atoms with Gasteiger partial charge in [0.25, 0.3) is 5.91 Å². The van der Waals surface area contributed by atoms with Gasteiger partial charge in [0.1, 0.15) is 0 Å². The molecule has 4 nitrogen and oxygen atoms in total. The van der Waals surface area contributed by atoms with E-state index in [1.807, 2.05) is 19.2 Å². The van der Waals surface area contributed by atoms with Crippen LogP contribution in [0.4, 0.5) is 5.69 Å². The Morgan fingerprint density at radius 3 is 2.59 bits per heavy atom. The van der Waals surface area contributed by atoms with Crippen LogP contribution >= 0.6 is 0 Å². The number of carbonyl (C=O) groups is 1. The molecule has 4 heteroatoms. The summed E-state index contributed by atoms with van der Waals surface area (Å²) in [5.41, 5.74) is 2.38. The fraction of sp³-hybridized carbons (Fsp3) is 0.538. The number of amides is 1. The van der Waals surface area contributed by atoms with Crippen LogP contribution in [0.3, 0.4) is 0 Å². The van der Waals surface area contributed by atoms with E-state index in [1.165, 1.54) is 19.3 Å². The van der Waals surface area contributed by atoms with Crippen molar-refractivity contribution < 1.29 is 4.79 Å². The second-order valence-electron chi connectivity index (χ2n) is 4.71. The largest absolute Gasteiger partial charge is 0.386 e. The number of aromatic nitrogens is 1. The maximum absolute atomic E-state index is 12.0. The van der Waals surface area contributed by atoms with Gasteiger partial charge < -0.3 is 10.2 Å². The molecule has 0 unspecified atom stereocenters. The molecule has 1 saturated carbocycles. The number of carbonyl (C=O) groups excluding carboxylic acids is 1. The van der Waals surface area contributed by atoms with E-state index in [0.29, 0.717) is 11.6 Å². The molecule has 0 saturated heterocycles. The Hall–Kier alpha value is -1.58. The van der Waals surface area contributed by atoms with Gasteiger partial charge in [0.05, 0.1) is 5.69 Å². The quantitative estimate of drug-likeness (QED) is 0.869. The number of nitrogens with one attached hydrogen (secondary N) is 1. The van der Waals surface area contributed by atoms with Crippen LogP contribution in [0.1, 0.15) is 41.4 Å². The van der Waals surface area contributed by atoms with Gasteiger partial charge in [0, 0.05) is 32.8 Å². The lowest BCUT2D eigenvalue weighted by molar-refractivity contribution is 0.0822. The molecule has 1 amide bonds. The van der Waals surface area contributed by atoms with E-state index in [2.05, 4.69) is 10.3 Å². The Morgan fingerprint density at radius 1 is 1.41 bits per heavy atom. The van der Waals surface area contributed by atoms with Crippen LogP contribution in [-0.4, -0.2) is 36.9 Å². The maximum Gasteiger partial charge on any atom is 0.274 e. The van der Waals surface area contributed by atoms with E-state index >= 15 is 0 Å². The van der Waals surface area contributed by atoms with Crippen molar-refractivity contribution in [1.29, 1.82) is 0 Å². The van der Waals surface area contributed by atoms with Crippen molar-refractivity contribution >= 4 is 11.6 Å². The minimum absolute atomic E-state index is 0.0458. The van der Waals surface area contributed by atoms with Crippen LogP contribution in [0.25, 0.3) is 0 Å². The van der Waals surface area contributed by atoms with E-state index in [0.717, 1.165) is 11.4 Å². The maximum atomic E-state index is 12.0. The van der Waals surface area contributed by atoms with Crippen molar-refractivity contribution in [2.24, 2.45) is 0 Å². The van der Waals surface area contributed by atoms with Gasteiger partial charge >= 0.3 is 0 Å². The highest BCUT2D eigenvalue weighted by molar-refractivity contribution is 5.97. The van der Waals surface area contributed by atoms with Gasteiger partial charge in [-0.25, -0.2) is 4.98 Å². The topological polar surface area (TPSA) is 45.2 Å². The first-order valence-electron chi connectivity index (χ1n) is 6.04. The molecule has 1 aliphatic carbocycles. The molecular formula is C13H19N3O. The molecule has 1 aromatic rings. The molecule has 92 valence electrons. The van der Waals surface area contributed by atoms with Crippen LogP contribution in [-0.2, 0) is 0 Å². The van der Waals surface area contributed by atoms with Gasteiger partial charge in [-0.3, -0.25) is 4.79 Å². The standard InChI is InChI=1S/C13H19N3O/c1-14-11-8-7-10(9-5-4-6-9)15-12(11)13(17)16(2)3/h7-9,14H,4-6H2,1-3H3. The highest BCUT2D eigenvalue weighted by Gasteiger charge is 2.23. The van der Waals surface area contributed by atoms with Crippen molar-refractivity contribution in [2.45, 2.75) is 25.2 Å². The van der Waals surface area contributed by atoms with E-state index < -0.39 is 0 Å². The average molecular weight is 233 g/mol. The zero-order valence-corrected chi connectivity index (χ0v) is 10.7. The highest BCUT2D eigenvalue weighted by atomic mass is 16.2. The third kappa shape index (κ3) is 2.25. The fourth-order valence-corrected chi connectivity index (χ4v) is 1.98. The van der Waals surface area contributed by atoms with Gasteiger partial charge in [0.15, 0.2) is 5.69 Å². The minimum Gasteiger partial charge on any atom is -0.386 e. The normalized spacial score (nSPS) is 15.2. The third-order valence-electron chi connectivity index (χ3n) is 3.32. The third-order valence-corrected chi connectivity index (χ3v) is 3.32. The van der Waals surface area contributed by atoms with Gasteiger partial charge in [-0.1, -0.05) is 6.42 Å². The zero-order chi connectivity index (χ0) is 12.4. The second kappa shape index (κ2) is 4.73. The van der Waals surface area contributed by atoms with Crippen molar-refractivity contribution in [3.63, 3.8) is 0 Å². The molecule has 0 aliphatic heterocycles. The first kappa shape index (κ1) is 11.9. The number of hydrogen-bond acceptors (Lipinski definition) is 3. The molecule has 0 radical (unpaired) electrons. The molecule has 17 heavy (non-hydrogen) atoms. The molecule has 2 rings (SSSR count). The van der Waals surface area contributed by atoms with Gasteiger partial charge in [-0.05, 0) is 25.0 Å². The summed E-state index contributed by atoms with van der Waals surface area (Å²) in [6.07, 6.45) is 3.67. The summed E-state index contributed by atoms with van der Waals surface area (Å²) >= 11 is 0. The molecule has 0 spiro atoms. The number of anilines is 1. The summed E-state index contributed by atoms with van der Waals surface area (Å²) in [5, 5.41) is 3.02. The van der Waals surface area contributed by atoms with E-state index in [9.17, 15) is 4.79 Å². The Labute approximate surface area is 102 Å². The van der Waals surface area contributed by atoms with Crippen LogP contribution in [0.15, 0.2) is 12.1 Å². The average Bonchev–Trinajstić information content (AvgIpc) is 2.25. The Bertz CT molecular complexity index is 425. The monoisotopic (exact) mass is 233 g/mol. The van der Waals surface area contributed by atoms with Crippen LogP contribution < -0.4 is 5.32 Å². The summed E-state index contributed by atoms with van der Waals surface area (Å²) in [4.78, 5) is 18.1. The van der Waals surface area contributed by atoms with Crippen LogP contribution in [0, 0.1) is 0 Å². The molecule has 1 aliphatic rings. The van der Waals surface area contributed by atoms with Crippen molar-refractivity contribution in [3.05, 3.63) is 23.5 Å². The van der Waals surface area contributed by atoms with Crippen molar-refractivity contribution in [2.75, 3.05) is 26.5 Å². The summed E-state index contributed by atoms with van der Waals surface area (Å²) in [7, 11) is 5.31. The first-order valence-corrected chi connectivity index (χ1v) is 6.04. The molecular weight excluding hydrogens is 214 g/mol. The van der Waals surface area contributed by atoms with Crippen LogP contribution in [0.2, 0.25) is 0 Å². The molecule has 1 fully saturated rings. The summed E-state index contributed by atoms with van der Waals surface area (Å²) in [6, 6.07) is 3.99. The summed E-state index contributed by atoms with van der Waals surface area (Å²) in [6.45, 7) is 0. The molecule has 1 aromatic heterocycles. The molecule has 0 atom stereocenters. The minimum atomic E-state index is -0.0458. The SMILES string of the molecule is CNc1ccc(C2CCC2)nc1C(=O)N(C)C. The molecule has 0 bridgehead atoms. The lowest BCUT2D eigenvalue weighted by Gasteiger charge is -2.25. The van der Waals surface area contributed by atoms with Crippen LogP contribution in [0.5, 0.6) is 0 Å². The molecule has 1 heterocycles. The van der Waals surface area contributed by atoms with Gasteiger partial charge in [0.2, 0.25) is 0 Å². The second-order valence-corrected chi connectivity index (χ2v) is 4.71. The predicted molar refractivity (Wildman–Crippen MR) is 68.4 cm³/mol. The Kier molecular flexibility index (Phi) is 3.31. The van der Waals surface area contributed by atoms with Crippen molar-refractivity contribution in [3.8, 4) is 0 Å². The predicted octanol–water partition coefficient (Wildman–Crippen LogP) is 2.09. The number of pyridine rings is 1. The van der Waals surface area contributed by atoms with Gasteiger partial charge in [-0.15, -0.1) is 0 Å². The fourth-order valence-electron chi connectivity index (χ4n) is 1.98. The number of nitrogens with zero attached hydrogens (tertiary/aromatic N) is 2. The van der Waals surface area contributed by atoms with Crippen molar-refractivity contribution in [1.82, 2.24) is 9.88 Å². The number of hydrogen-bond donors (Lipinski definition) is 1. The Morgan fingerprint density at radius 2 is 2.12 bits per heavy atom. The highest BCUT2D eigenvalue weighted by Crippen LogP contribution is 2.36. The van der Waals surface area contributed by atoms with E-state index in [-0.39, 0.29) is 5.91 Å². The first-order chi connectivity index (χ1) is 8.13. The molecule has 1 N–H and O–H groups in total. The number of rotatable bonds is 3. The van der Waals surface area contributed by atoms with E-state index in [1.54, 1.807) is 19.0 Å². The smallest absolute Gasteiger partial charge is 0.274 e. The van der Waals surface area contributed by atoms with Gasteiger partial charge in [-0.2, -0.15) is 0 Å².